The van der Waals surface area contributed by atoms with Gasteiger partial charge in [0.15, 0.2) is 0 Å². The SMILES string of the molecule is CC1(C(=O)O)CC(NCC2CCc3ccccc3CC2)C1. The topological polar surface area (TPSA) is 49.3 Å². The maximum absolute atomic E-state index is 11.1. The van der Waals surface area contributed by atoms with Gasteiger partial charge in [0, 0.05) is 6.04 Å². The van der Waals surface area contributed by atoms with Crippen molar-refractivity contribution in [3.8, 4) is 0 Å². The van der Waals surface area contributed by atoms with Crippen molar-refractivity contribution in [3.63, 3.8) is 0 Å². The fourth-order valence-electron chi connectivity index (χ4n) is 3.79. The van der Waals surface area contributed by atoms with Gasteiger partial charge in [-0.25, -0.2) is 0 Å². The van der Waals surface area contributed by atoms with Crippen molar-refractivity contribution in [1.82, 2.24) is 5.32 Å². The van der Waals surface area contributed by atoms with Crippen LogP contribution in [0.2, 0.25) is 0 Å². The molecule has 0 spiro atoms. The molecule has 2 aliphatic carbocycles. The number of carbonyl (C=O) groups is 1. The maximum atomic E-state index is 11.1. The van der Waals surface area contributed by atoms with Crippen LogP contribution in [-0.4, -0.2) is 23.7 Å². The lowest BCUT2D eigenvalue weighted by molar-refractivity contribution is -0.154. The van der Waals surface area contributed by atoms with E-state index in [-0.39, 0.29) is 0 Å². The third-order valence-corrected chi connectivity index (χ3v) is 5.37. The molecule has 1 aromatic carbocycles. The van der Waals surface area contributed by atoms with E-state index in [1.165, 1.54) is 36.8 Å². The van der Waals surface area contributed by atoms with E-state index in [4.69, 9.17) is 5.11 Å². The number of nitrogens with one attached hydrogen (secondary N) is 1. The highest BCUT2D eigenvalue weighted by Gasteiger charge is 2.46. The standard InChI is InChI=1S/C18H25NO2/c1-18(17(20)21)10-16(11-18)19-12-13-6-8-14-4-2-3-5-15(14)9-7-13/h2-5,13,16,19H,6-12H2,1H3,(H,20,21). The van der Waals surface area contributed by atoms with Gasteiger partial charge in [0.05, 0.1) is 5.41 Å². The monoisotopic (exact) mass is 287 g/mol. The Morgan fingerprint density at radius 1 is 1.24 bits per heavy atom. The van der Waals surface area contributed by atoms with Gasteiger partial charge in [-0.2, -0.15) is 0 Å². The van der Waals surface area contributed by atoms with Gasteiger partial charge in [0.1, 0.15) is 0 Å². The summed E-state index contributed by atoms with van der Waals surface area (Å²) >= 11 is 0. The van der Waals surface area contributed by atoms with E-state index in [1.54, 1.807) is 0 Å². The Bertz CT molecular complexity index is 493. The molecule has 2 aliphatic rings. The van der Waals surface area contributed by atoms with Gasteiger partial charge in [0.2, 0.25) is 0 Å². The summed E-state index contributed by atoms with van der Waals surface area (Å²) in [6.07, 6.45) is 6.39. The molecule has 114 valence electrons. The van der Waals surface area contributed by atoms with Crippen molar-refractivity contribution < 1.29 is 9.90 Å². The zero-order valence-electron chi connectivity index (χ0n) is 12.8. The zero-order chi connectivity index (χ0) is 14.9. The third kappa shape index (κ3) is 3.13. The van der Waals surface area contributed by atoms with Crippen molar-refractivity contribution in [2.45, 2.75) is 51.5 Å². The van der Waals surface area contributed by atoms with E-state index in [0.717, 1.165) is 19.4 Å². The number of carboxylic acids is 1. The second-order valence-corrected chi connectivity index (χ2v) is 7.09. The Kier molecular flexibility index (Phi) is 4.03. The summed E-state index contributed by atoms with van der Waals surface area (Å²) in [5.41, 5.74) is 2.54. The summed E-state index contributed by atoms with van der Waals surface area (Å²) in [4.78, 5) is 11.1. The van der Waals surface area contributed by atoms with Crippen LogP contribution in [0.1, 0.15) is 43.7 Å². The largest absolute Gasteiger partial charge is 0.481 e. The molecule has 0 saturated heterocycles. The average molecular weight is 287 g/mol. The number of hydrogen-bond donors (Lipinski definition) is 2. The summed E-state index contributed by atoms with van der Waals surface area (Å²) < 4.78 is 0. The molecule has 1 saturated carbocycles. The van der Waals surface area contributed by atoms with Crippen molar-refractivity contribution in [2.75, 3.05) is 6.54 Å². The Labute approximate surface area is 126 Å². The highest BCUT2D eigenvalue weighted by molar-refractivity contribution is 5.75. The van der Waals surface area contributed by atoms with Crippen molar-refractivity contribution in [3.05, 3.63) is 35.4 Å². The van der Waals surface area contributed by atoms with Gasteiger partial charge >= 0.3 is 5.97 Å². The van der Waals surface area contributed by atoms with Crippen molar-refractivity contribution >= 4 is 5.97 Å². The first-order valence-corrected chi connectivity index (χ1v) is 8.10. The van der Waals surface area contributed by atoms with Gasteiger partial charge in [-0.1, -0.05) is 24.3 Å². The van der Waals surface area contributed by atoms with Gasteiger partial charge in [-0.3, -0.25) is 4.79 Å². The predicted octanol–water partition coefficient (Wildman–Crippen LogP) is 3.02. The fourth-order valence-corrected chi connectivity index (χ4v) is 3.79. The normalized spacial score (nSPS) is 29.3. The minimum absolute atomic E-state index is 0.400. The lowest BCUT2D eigenvalue weighted by Crippen LogP contribution is -2.52. The lowest BCUT2D eigenvalue weighted by atomic mass is 9.67. The van der Waals surface area contributed by atoms with Crippen LogP contribution in [0.25, 0.3) is 0 Å². The van der Waals surface area contributed by atoms with Gasteiger partial charge < -0.3 is 10.4 Å². The molecule has 0 aliphatic heterocycles. The van der Waals surface area contributed by atoms with Gasteiger partial charge in [0.25, 0.3) is 0 Å². The molecule has 0 amide bonds. The van der Waals surface area contributed by atoms with Gasteiger partial charge in [-0.05, 0) is 69.0 Å². The summed E-state index contributed by atoms with van der Waals surface area (Å²) in [6.45, 7) is 2.89. The molecular weight excluding hydrogens is 262 g/mol. The number of carboxylic acid groups (broad SMARTS) is 1. The number of benzene rings is 1. The zero-order valence-corrected chi connectivity index (χ0v) is 12.8. The van der Waals surface area contributed by atoms with Gasteiger partial charge in [-0.15, -0.1) is 0 Å². The van der Waals surface area contributed by atoms with Crippen LogP contribution in [0.15, 0.2) is 24.3 Å². The second-order valence-electron chi connectivity index (χ2n) is 7.09. The Morgan fingerprint density at radius 2 is 1.81 bits per heavy atom. The average Bonchev–Trinajstić information content (AvgIpc) is 2.64. The Balaban J connectivity index is 1.45. The number of hydrogen-bond acceptors (Lipinski definition) is 2. The Morgan fingerprint density at radius 3 is 2.33 bits per heavy atom. The molecule has 3 rings (SSSR count). The molecule has 3 nitrogen and oxygen atoms in total. The predicted molar refractivity (Wildman–Crippen MR) is 83.3 cm³/mol. The molecule has 2 N–H and O–H groups in total. The molecule has 21 heavy (non-hydrogen) atoms. The molecule has 0 radical (unpaired) electrons. The molecule has 0 bridgehead atoms. The number of fused-ring (bicyclic) bond motifs is 1. The minimum atomic E-state index is -0.648. The molecule has 1 aromatic rings. The number of rotatable bonds is 4. The molecule has 0 heterocycles. The van der Waals surface area contributed by atoms with Crippen LogP contribution in [0.3, 0.4) is 0 Å². The summed E-state index contributed by atoms with van der Waals surface area (Å²) in [7, 11) is 0. The van der Waals surface area contributed by atoms with Crippen LogP contribution >= 0.6 is 0 Å². The maximum Gasteiger partial charge on any atom is 0.309 e. The van der Waals surface area contributed by atoms with Crippen LogP contribution in [0, 0.1) is 11.3 Å². The summed E-state index contributed by atoms with van der Waals surface area (Å²) in [6, 6.07) is 9.19. The highest BCUT2D eigenvalue weighted by Crippen LogP contribution is 2.41. The first-order valence-electron chi connectivity index (χ1n) is 8.10. The quantitative estimate of drug-likeness (QED) is 0.837. The first kappa shape index (κ1) is 14.6. The van der Waals surface area contributed by atoms with Crippen LogP contribution < -0.4 is 5.32 Å². The molecule has 3 heteroatoms. The minimum Gasteiger partial charge on any atom is -0.481 e. The lowest BCUT2D eigenvalue weighted by Gasteiger charge is -2.42. The van der Waals surface area contributed by atoms with E-state index in [2.05, 4.69) is 29.6 Å². The van der Waals surface area contributed by atoms with Crippen molar-refractivity contribution in [1.29, 1.82) is 0 Å². The summed E-state index contributed by atoms with van der Waals surface area (Å²) in [5.74, 6) is 0.0690. The van der Waals surface area contributed by atoms with E-state index in [0.29, 0.717) is 12.0 Å². The first-order chi connectivity index (χ1) is 10.1. The third-order valence-electron chi connectivity index (χ3n) is 5.37. The molecular formula is C18H25NO2. The molecule has 0 aromatic heterocycles. The second kappa shape index (κ2) is 5.80. The van der Waals surface area contributed by atoms with E-state index in [9.17, 15) is 4.79 Å². The summed E-state index contributed by atoms with van der Waals surface area (Å²) in [5, 5.41) is 12.7. The van der Waals surface area contributed by atoms with Crippen LogP contribution in [0.5, 0.6) is 0 Å². The molecule has 0 atom stereocenters. The smallest absolute Gasteiger partial charge is 0.309 e. The fraction of sp³-hybridized carbons (Fsp3) is 0.611. The highest BCUT2D eigenvalue weighted by atomic mass is 16.4. The molecule has 0 unspecified atom stereocenters. The molecule has 1 fully saturated rings. The van der Waals surface area contributed by atoms with Crippen LogP contribution in [0.4, 0.5) is 0 Å². The van der Waals surface area contributed by atoms with Crippen LogP contribution in [-0.2, 0) is 17.6 Å². The van der Waals surface area contributed by atoms with E-state index >= 15 is 0 Å². The number of aliphatic carboxylic acids is 1. The van der Waals surface area contributed by atoms with E-state index < -0.39 is 11.4 Å². The Hall–Kier alpha value is -1.35. The number of aryl methyl sites for hydroxylation is 2. The van der Waals surface area contributed by atoms with Crippen molar-refractivity contribution in [2.24, 2.45) is 11.3 Å². The van der Waals surface area contributed by atoms with E-state index in [1.807, 2.05) is 6.92 Å².